The number of ether oxygens (including phenoxy) is 2. The van der Waals surface area contributed by atoms with Crippen LogP contribution in [0.25, 0.3) is 10.1 Å². The van der Waals surface area contributed by atoms with Gasteiger partial charge in [0.05, 0.1) is 19.3 Å². The number of thiophene rings is 1. The van der Waals surface area contributed by atoms with Gasteiger partial charge in [0.25, 0.3) is 0 Å². The van der Waals surface area contributed by atoms with Crippen LogP contribution in [0.3, 0.4) is 0 Å². The van der Waals surface area contributed by atoms with Crippen molar-refractivity contribution in [2.45, 2.75) is 6.61 Å². The zero-order chi connectivity index (χ0) is 11.5. The Morgan fingerprint density at radius 1 is 1.38 bits per heavy atom. The normalized spacial score (nSPS) is 10.6. The highest BCUT2D eigenvalue weighted by Crippen LogP contribution is 2.25. The van der Waals surface area contributed by atoms with E-state index in [9.17, 15) is 4.79 Å². The molecule has 1 aromatic carbocycles. The lowest BCUT2D eigenvalue weighted by atomic mass is 10.1. The van der Waals surface area contributed by atoms with Crippen LogP contribution in [0.5, 0.6) is 0 Å². The molecule has 1 heterocycles. The molecule has 0 atom stereocenters. The SMILES string of the molecule is COCc1cc2sccc2cc1C(=O)OC. The fraction of sp³-hybridized carbons (Fsp3) is 0.250. The third-order valence-electron chi connectivity index (χ3n) is 2.38. The van der Waals surface area contributed by atoms with Crippen LogP contribution in [0.4, 0.5) is 0 Å². The fourth-order valence-electron chi connectivity index (χ4n) is 1.63. The van der Waals surface area contributed by atoms with Crippen LogP contribution < -0.4 is 0 Å². The van der Waals surface area contributed by atoms with Crippen molar-refractivity contribution in [2.75, 3.05) is 14.2 Å². The quantitative estimate of drug-likeness (QED) is 0.769. The van der Waals surface area contributed by atoms with E-state index in [2.05, 4.69) is 0 Å². The molecule has 0 N–H and O–H groups in total. The lowest BCUT2D eigenvalue weighted by Gasteiger charge is -2.07. The molecular weight excluding hydrogens is 224 g/mol. The molecule has 0 aliphatic heterocycles. The molecule has 2 aromatic rings. The molecule has 4 heteroatoms. The van der Waals surface area contributed by atoms with Crippen molar-refractivity contribution >= 4 is 27.4 Å². The summed E-state index contributed by atoms with van der Waals surface area (Å²) in [5, 5.41) is 3.06. The molecule has 0 radical (unpaired) electrons. The number of hydrogen-bond donors (Lipinski definition) is 0. The van der Waals surface area contributed by atoms with Crippen molar-refractivity contribution in [1.29, 1.82) is 0 Å². The predicted molar refractivity (Wildman–Crippen MR) is 63.9 cm³/mol. The minimum absolute atomic E-state index is 0.319. The summed E-state index contributed by atoms with van der Waals surface area (Å²) in [4.78, 5) is 11.6. The third-order valence-corrected chi connectivity index (χ3v) is 3.26. The molecule has 2 rings (SSSR count). The van der Waals surface area contributed by atoms with E-state index >= 15 is 0 Å². The number of carbonyl (C=O) groups excluding carboxylic acids is 1. The lowest BCUT2D eigenvalue weighted by Crippen LogP contribution is -2.06. The van der Waals surface area contributed by atoms with Crippen LogP contribution in [0.15, 0.2) is 23.6 Å². The zero-order valence-electron chi connectivity index (χ0n) is 9.15. The predicted octanol–water partition coefficient (Wildman–Crippen LogP) is 2.83. The molecule has 0 fully saturated rings. The van der Waals surface area contributed by atoms with Gasteiger partial charge >= 0.3 is 5.97 Å². The van der Waals surface area contributed by atoms with Gasteiger partial charge in [0.15, 0.2) is 0 Å². The number of hydrogen-bond acceptors (Lipinski definition) is 4. The van der Waals surface area contributed by atoms with Gasteiger partial charge in [0, 0.05) is 11.8 Å². The molecule has 1 aromatic heterocycles. The van der Waals surface area contributed by atoms with Crippen LogP contribution in [0.2, 0.25) is 0 Å². The first kappa shape index (κ1) is 11.1. The Morgan fingerprint density at radius 2 is 2.19 bits per heavy atom. The summed E-state index contributed by atoms with van der Waals surface area (Å²) in [6.07, 6.45) is 0. The van der Waals surface area contributed by atoms with Gasteiger partial charge in [-0.2, -0.15) is 0 Å². The summed E-state index contributed by atoms with van der Waals surface area (Å²) in [5.41, 5.74) is 1.44. The van der Waals surface area contributed by atoms with Crippen molar-refractivity contribution in [2.24, 2.45) is 0 Å². The fourth-order valence-corrected chi connectivity index (χ4v) is 2.46. The van der Waals surface area contributed by atoms with E-state index in [4.69, 9.17) is 9.47 Å². The number of methoxy groups -OCH3 is 2. The summed E-state index contributed by atoms with van der Waals surface area (Å²) in [6, 6.07) is 5.82. The minimum Gasteiger partial charge on any atom is -0.465 e. The van der Waals surface area contributed by atoms with Crippen LogP contribution in [0, 0.1) is 0 Å². The van der Waals surface area contributed by atoms with Crippen LogP contribution >= 0.6 is 11.3 Å². The molecule has 3 nitrogen and oxygen atoms in total. The van der Waals surface area contributed by atoms with Crippen LogP contribution in [-0.4, -0.2) is 20.2 Å². The average Bonchev–Trinajstić information content (AvgIpc) is 2.74. The summed E-state index contributed by atoms with van der Waals surface area (Å²) in [6.45, 7) is 0.415. The van der Waals surface area contributed by atoms with E-state index in [0.29, 0.717) is 12.2 Å². The van der Waals surface area contributed by atoms with Gasteiger partial charge < -0.3 is 9.47 Å². The van der Waals surface area contributed by atoms with Gasteiger partial charge in [-0.3, -0.25) is 0 Å². The second-order valence-electron chi connectivity index (χ2n) is 3.39. The van der Waals surface area contributed by atoms with Crippen molar-refractivity contribution in [3.63, 3.8) is 0 Å². The maximum atomic E-state index is 11.6. The van der Waals surface area contributed by atoms with Gasteiger partial charge in [0.2, 0.25) is 0 Å². The first-order valence-corrected chi connectivity index (χ1v) is 5.71. The number of esters is 1. The van der Waals surface area contributed by atoms with Crippen molar-refractivity contribution in [1.82, 2.24) is 0 Å². The largest absolute Gasteiger partial charge is 0.465 e. The summed E-state index contributed by atoms with van der Waals surface area (Å²) >= 11 is 1.65. The average molecular weight is 236 g/mol. The number of benzene rings is 1. The highest BCUT2D eigenvalue weighted by molar-refractivity contribution is 7.17. The molecule has 0 saturated carbocycles. The highest BCUT2D eigenvalue weighted by Gasteiger charge is 2.13. The summed E-state index contributed by atoms with van der Waals surface area (Å²) in [7, 11) is 3.00. The Kier molecular flexibility index (Phi) is 3.22. The topological polar surface area (TPSA) is 35.5 Å². The first-order valence-electron chi connectivity index (χ1n) is 4.83. The summed E-state index contributed by atoms with van der Waals surface area (Å²) < 4.78 is 11.0. The molecule has 16 heavy (non-hydrogen) atoms. The molecule has 84 valence electrons. The third kappa shape index (κ3) is 1.94. The number of carbonyl (C=O) groups is 1. The lowest BCUT2D eigenvalue weighted by molar-refractivity contribution is 0.0596. The second kappa shape index (κ2) is 4.63. The molecule has 0 unspecified atom stereocenters. The molecule has 0 aliphatic carbocycles. The van der Waals surface area contributed by atoms with Crippen LogP contribution in [-0.2, 0) is 16.1 Å². The Labute approximate surface area is 97.6 Å². The van der Waals surface area contributed by atoms with Gasteiger partial charge in [-0.25, -0.2) is 4.79 Å². The van der Waals surface area contributed by atoms with E-state index in [-0.39, 0.29) is 5.97 Å². The highest BCUT2D eigenvalue weighted by atomic mass is 32.1. The summed E-state index contributed by atoms with van der Waals surface area (Å²) in [5.74, 6) is -0.319. The Balaban J connectivity index is 2.57. The van der Waals surface area contributed by atoms with Gasteiger partial charge in [-0.15, -0.1) is 11.3 Å². The molecule has 0 bridgehead atoms. The minimum atomic E-state index is -0.319. The Hall–Kier alpha value is -1.39. The van der Waals surface area contributed by atoms with E-state index < -0.39 is 0 Å². The van der Waals surface area contributed by atoms with Crippen molar-refractivity contribution in [3.8, 4) is 0 Å². The molecule has 0 aliphatic rings. The molecule has 0 saturated heterocycles. The number of rotatable bonds is 3. The van der Waals surface area contributed by atoms with Gasteiger partial charge in [-0.05, 0) is 34.5 Å². The maximum absolute atomic E-state index is 11.6. The van der Waals surface area contributed by atoms with E-state index in [0.717, 1.165) is 15.6 Å². The molecule has 0 amide bonds. The zero-order valence-corrected chi connectivity index (χ0v) is 9.97. The Morgan fingerprint density at radius 3 is 2.88 bits per heavy atom. The second-order valence-corrected chi connectivity index (χ2v) is 4.34. The maximum Gasteiger partial charge on any atom is 0.338 e. The van der Waals surface area contributed by atoms with Crippen LogP contribution in [0.1, 0.15) is 15.9 Å². The van der Waals surface area contributed by atoms with Crippen molar-refractivity contribution in [3.05, 3.63) is 34.7 Å². The smallest absolute Gasteiger partial charge is 0.338 e. The molecule has 0 spiro atoms. The van der Waals surface area contributed by atoms with Crippen molar-refractivity contribution < 1.29 is 14.3 Å². The first-order chi connectivity index (χ1) is 7.76. The van der Waals surface area contributed by atoms with Gasteiger partial charge in [-0.1, -0.05) is 0 Å². The van der Waals surface area contributed by atoms with E-state index in [1.807, 2.05) is 23.6 Å². The van der Waals surface area contributed by atoms with Gasteiger partial charge in [0.1, 0.15) is 0 Å². The number of fused-ring (bicyclic) bond motifs is 1. The van der Waals surface area contributed by atoms with E-state index in [1.54, 1.807) is 18.4 Å². The Bertz CT molecular complexity index is 516. The standard InChI is InChI=1S/C12H12O3S/c1-14-7-9-6-11-8(3-4-16-11)5-10(9)12(13)15-2/h3-6H,7H2,1-2H3. The molecular formula is C12H12O3S. The van der Waals surface area contributed by atoms with E-state index in [1.165, 1.54) is 7.11 Å². The monoisotopic (exact) mass is 236 g/mol.